The van der Waals surface area contributed by atoms with Crippen molar-refractivity contribution in [2.24, 2.45) is 10.4 Å². The number of methoxy groups -OCH3 is 1. The fourth-order valence-corrected chi connectivity index (χ4v) is 3.80. The highest BCUT2D eigenvalue weighted by molar-refractivity contribution is 6.08. The van der Waals surface area contributed by atoms with E-state index in [1.165, 1.54) is 0 Å². The number of morpholine rings is 1. The highest BCUT2D eigenvalue weighted by atomic mass is 16.5. The second-order valence-corrected chi connectivity index (χ2v) is 10.6. The molecule has 2 amide bonds. The number of rotatable bonds is 8. The molecule has 0 spiro atoms. The number of amidine groups is 1. The van der Waals surface area contributed by atoms with Gasteiger partial charge < -0.3 is 19.5 Å². The third-order valence-electron chi connectivity index (χ3n) is 6.67. The number of hydrogen-bond acceptors (Lipinski definition) is 6. The van der Waals surface area contributed by atoms with E-state index in [0.29, 0.717) is 23.9 Å². The van der Waals surface area contributed by atoms with E-state index < -0.39 is 6.03 Å². The summed E-state index contributed by atoms with van der Waals surface area (Å²) in [5.74, 6) is 8.16. The molecule has 3 rings (SSSR count). The Morgan fingerprint density at radius 3 is 2.42 bits per heavy atom. The lowest BCUT2D eigenvalue weighted by atomic mass is 9.87. The number of hydrogen-bond donors (Lipinski definition) is 2. The first-order valence-electron chi connectivity index (χ1n) is 13.6. The molecule has 1 saturated heterocycles. The van der Waals surface area contributed by atoms with Crippen LogP contribution in [-0.4, -0.2) is 70.4 Å². The Bertz CT molecular complexity index is 1240. The molecule has 8 heteroatoms. The average molecular weight is 547 g/mol. The molecule has 1 heterocycles. The number of carbonyl (C=O) groups is 1. The maximum Gasteiger partial charge on any atom is 0.324 e. The van der Waals surface area contributed by atoms with Gasteiger partial charge in [0.05, 0.1) is 32.6 Å². The van der Waals surface area contributed by atoms with Crippen LogP contribution in [0.5, 0.6) is 11.5 Å². The maximum atomic E-state index is 12.6. The highest BCUT2D eigenvalue weighted by Crippen LogP contribution is 2.26. The molecule has 0 unspecified atom stereocenters. The number of anilines is 1. The Hall–Kier alpha value is -3.80. The van der Waals surface area contributed by atoms with Crippen LogP contribution >= 0.6 is 0 Å². The molecular formula is C32H42N4O4. The Labute approximate surface area is 238 Å². The van der Waals surface area contributed by atoms with Crippen LogP contribution in [0.2, 0.25) is 0 Å². The molecule has 0 atom stereocenters. The molecular weight excluding hydrogens is 504 g/mol. The number of ether oxygens (including phenoxy) is 3. The molecule has 2 N–H and O–H groups in total. The van der Waals surface area contributed by atoms with Crippen LogP contribution in [-0.2, 0) is 4.74 Å². The monoisotopic (exact) mass is 546 g/mol. The van der Waals surface area contributed by atoms with E-state index >= 15 is 0 Å². The lowest BCUT2D eigenvalue weighted by molar-refractivity contribution is 0.0358. The van der Waals surface area contributed by atoms with Crippen molar-refractivity contribution < 1.29 is 19.0 Å². The molecule has 2 aromatic carbocycles. The molecule has 0 aliphatic carbocycles. The third kappa shape index (κ3) is 10.1. The van der Waals surface area contributed by atoms with Gasteiger partial charge >= 0.3 is 6.03 Å². The summed E-state index contributed by atoms with van der Waals surface area (Å²) < 4.78 is 16.8. The van der Waals surface area contributed by atoms with Gasteiger partial charge in [-0.15, -0.1) is 0 Å². The Morgan fingerprint density at radius 1 is 1.10 bits per heavy atom. The summed E-state index contributed by atoms with van der Waals surface area (Å²) in [4.78, 5) is 19.2. The zero-order chi connectivity index (χ0) is 29.0. The lowest BCUT2D eigenvalue weighted by Crippen LogP contribution is -2.37. The first-order chi connectivity index (χ1) is 19.2. The van der Waals surface area contributed by atoms with E-state index in [-0.39, 0.29) is 5.41 Å². The van der Waals surface area contributed by atoms with Crippen molar-refractivity contribution in [3.05, 3.63) is 65.2 Å². The molecule has 0 aromatic heterocycles. The number of carbonyl (C=O) groups excluding carboxylic acids is 1. The van der Waals surface area contributed by atoms with Crippen molar-refractivity contribution in [3.63, 3.8) is 0 Å². The van der Waals surface area contributed by atoms with Gasteiger partial charge in [-0.1, -0.05) is 38.2 Å². The summed E-state index contributed by atoms with van der Waals surface area (Å²) >= 11 is 0. The van der Waals surface area contributed by atoms with E-state index in [4.69, 9.17) is 14.2 Å². The molecule has 1 fully saturated rings. The largest absolute Gasteiger partial charge is 0.495 e. The second-order valence-electron chi connectivity index (χ2n) is 10.6. The molecule has 8 nitrogen and oxygen atoms in total. The molecule has 214 valence electrons. The van der Waals surface area contributed by atoms with Gasteiger partial charge in [-0.05, 0) is 67.3 Å². The van der Waals surface area contributed by atoms with E-state index in [0.717, 1.165) is 61.7 Å². The lowest BCUT2D eigenvalue weighted by Gasteiger charge is -2.26. The first-order valence-corrected chi connectivity index (χ1v) is 13.6. The summed E-state index contributed by atoms with van der Waals surface area (Å²) in [6.07, 6.45) is 2.86. The summed E-state index contributed by atoms with van der Waals surface area (Å²) in [5.41, 5.74) is 3.27. The minimum absolute atomic E-state index is 0.0207. The molecule has 0 bridgehead atoms. The van der Waals surface area contributed by atoms with Crippen LogP contribution in [0.1, 0.15) is 45.2 Å². The van der Waals surface area contributed by atoms with E-state index in [2.05, 4.69) is 53.1 Å². The van der Waals surface area contributed by atoms with Gasteiger partial charge in [-0.3, -0.25) is 15.2 Å². The number of allylic oxidation sites excluding steroid dienone is 1. The van der Waals surface area contributed by atoms with Crippen LogP contribution < -0.4 is 20.1 Å². The van der Waals surface area contributed by atoms with Crippen molar-refractivity contribution in [2.45, 2.75) is 34.1 Å². The van der Waals surface area contributed by atoms with Gasteiger partial charge in [-0.25, -0.2) is 4.79 Å². The molecule has 0 radical (unpaired) electrons. The minimum Gasteiger partial charge on any atom is -0.495 e. The normalized spacial score (nSPS) is 14.7. The standard InChI is InChI=1S/C32H42N4O4/c1-24(32(2,3)4)22-30(33-5)35-31(37)34-28-15-12-26(23-29(28)38-6)9-8-25-10-13-27(14-11-25)40-19-7-16-36-17-20-39-21-18-36/h10-15,22-23H,7,16-21H2,1-6H3,(H2,33,34,35,37)/b24-22+. The van der Waals surface area contributed by atoms with E-state index in [9.17, 15) is 4.79 Å². The van der Waals surface area contributed by atoms with E-state index in [1.807, 2.05) is 43.3 Å². The number of amides is 2. The van der Waals surface area contributed by atoms with Crippen molar-refractivity contribution in [1.29, 1.82) is 0 Å². The van der Waals surface area contributed by atoms with Crippen molar-refractivity contribution in [3.8, 4) is 23.3 Å². The predicted octanol–water partition coefficient (Wildman–Crippen LogP) is 5.34. The number of aliphatic imine (C=N–C) groups is 1. The quantitative estimate of drug-likeness (QED) is 0.202. The zero-order valence-corrected chi connectivity index (χ0v) is 24.6. The number of nitrogens with zero attached hydrogens (tertiary/aromatic N) is 2. The number of urea groups is 1. The van der Waals surface area contributed by atoms with Crippen LogP contribution in [0.15, 0.2) is 59.1 Å². The summed E-state index contributed by atoms with van der Waals surface area (Å²) in [6.45, 7) is 13.7. The topological polar surface area (TPSA) is 84.4 Å². The average Bonchev–Trinajstić information content (AvgIpc) is 2.95. The predicted molar refractivity (Wildman–Crippen MR) is 162 cm³/mol. The summed E-state index contributed by atoms with van der Waals surface area (Å²) in [6, 6.07) is 12.8. The Balaban J connectivity index is 1.54. The number of nitrogens with one attached hydrogen (secondary N) is 2. The van der Waals surface area contributed by atoms with Crippen molar-refractivity contribution >= 4 is 17.6 Å². The second kappa shape index (κ2) is 15.1. The minimum atomic E-state index is -0.404. The Morgan fingerprint density at radius 2 is 1.77 bits per heavy atom. The highest BCUT2D eigenvalue weighted by Gasteiger charge is 2.15. The van der Waals surface area contributed by atoms with Gasteiger partial charge in [-0.2, -0.15) is 0 Å². The van der Waals surface area contributed by atoms with Crippen molar-refractivity contribution in [2.75, 3.05) is 58.9 Å². The third-order valence-corrected chi connectivity index (χ3v) is 6.67. The summed E-state index contributed by atoms with van der Waals surface area (Å²) in [7, 11) is 3.20. The van der Waals surface area contributed by atoms with E-state index in [1.54, 1.807) is 26.3 Å². The number of benzene rings is 2. The van der Waals surface area contributed by atoms with Gasteiger partial charge in [0.25, 0.3) is 0 Å². The zero-order valence-electron chi connectivity index (χ0n) is 24.6. The van der Waals surface area contributed by atoms with Gasteiger partial charge in [0.1, 0.15) is 17.3 Å². The fourth-order valence-electron chi connectivity index (χ4n) is 3.80. The Kier molecular flexibility index (Phi) is 11.6. The van der Waals surface area contributed by atoms with Crippen LogP contribution in [0.25, 0.3) is 0 Å². The van der Waals surface area contributed by atoms with Crippen LogP contribution in [0.3, 0.4) is 0 Å². The van der Waals surface area contributed by atoms with Gasteiger partial charge in [0.15, 0.2) is 0 Å². The van der Waals surface area contributed by atoms with Gasteiger partial charge in [0, 0.05) is 37.8 Å². The molecule has 40 heavy (non-hydrogen) atoms. The molecule has 1 aliphatic heterocycles. The molecule has 1 aliphatic rings. The maximum absolute atomic E-state index is 12.6. The fraction of sp³-hybridized carbons (Fsp3) is 0.438. The first kappa shape index (κ1) is 30.7. The van der Waals surface area contributed by atoms with Crippen LogP contribution in [0, 0.1) is 17.3 Å². The van der Waals surface area contributed by atoms with Crippen LogP contribution in [0.4, 0.5) is 10.5 Å². The molecule has 0 saturated carbocycles. The molecule has 2 aromatic rings. The van der Waals surface area contributed by atoms with Gasteiger partial charge in [0.2, 0.25) is 0 Å². The smallest absolute Gasteiger partial charge is 0.324 e. The summed E-state index contributed by atoms with van der Waals surface area (Å²) in [5, 5.41) is 5.62. The van der Waals surface area contributed by atoms with Crippen molar-refractivity contribution in [1.82, 2.24) is 10.2 Å². The SMILES string of the molecule is C/N=C(\C=C(/C)C(C)(C)C)NC(=O)Nc1ccc(C#Cc2ccc(OCCCN3CCOCC3)cc2)cc1OC.